The number of nitrogens with two attached hydrogens (primary N) is 1. The van der Waals surface area contributed by atoms with Gasteiger partial charge >= 0.3 is 0 Å². The van der Waals surface area contributed by atoms with E-state index in [4.69, 9.17) is 5.73 Å². The molecule has 0 saturated carbocycles. The van der Waals surface area contributed by atoms with Crippen LogP contribution in [0.2, 0.25) is 0 Å². The smallest absolute Gasteiger partial charge is 0.184 e. The van der Waals surface area contributed by atoms with E-state index in [0.29, 0.717) is 0 Å². The van der Waals surface area contributed by atoms with E-state index in [-0.39, 0.29) is 5.11 Å². The second-order valence-electron chi connectivity index (χ2n) is 3.80. The van der Waals surface area contributed by atoms with Crippen molar-refractivity contribution >= 4 is 23.5 Å². The molecule has 0 atom stereocenters. The summed E-state index contributed by atoms with van der Waals surface area (Å²) >= 11 is 4.69. The van der Waals surface area contributed by atoms with Crippen LogP contribution in [0.3, 0.4) is 0 Å². The average Bonchev–Trinajstić information content (AvgIpc) is 2.71. The lowest BCUT2D eigenvalue weighted by molar-refractivity contribution is 0.991. The predicted octanol–water partition coefficient (Wildman–Crippen LogP) is 1.95. The molecule has 0 spiro atoms. The van der Waals surface area contributed by atoms with Gasteiger partial charge in [0.15, 0.2) is 5.11 Å². The van der Waals surface area contributed by atoms with Crippen molar-refractivity contribution in [3.05, 3.63) is 53.9 Å². The second kappa shape index (κ2) is 5.46. The number of hydrogen-bond acceptors (Lipinski definition) is 2. The number of nitrogens with zero attached hydrogens (tertiary/aromatic N) is 2. The van der Waals surface area contributed by atoms with Crippen molar-refractivity contribution in [1.82, 2.24) is 9.99 Å². The Morgan fingerprint density at radius 3 is 2.67 bits per heavy atom. The first-order valence-electron chi connectivity index (χ1n) is 5.51. The van der Waals surface area contributed by atoms with E-state index in [1.54, 1.807) is 6.21 Å². The summed E-state index contributed by atoms with van der Waals surface area (Å²) < 4.78 is 2.10. The summed E-state index contributed by atoms with van der Waals surface area (Å²) in [4.78, 5) is 0. The molecule has 0 aliphatic heterocycles. The van der Waals surface area contributed by atoms with Gasteiger partial charge in [-0.1, -0.05) is 18.2 Å². The molecule has 0 aliphatic carbocycles. The summed E-state index contributed by atoms with van der Waals surface area (Å²) in [6.07, 6.45) is 1.69. The molecule has 18 heavy (non-hydrogen) atoms. The lowest BCUT2D eigenvalue weighted by Gasteiger charge is -2.08. The standard InChI is InChI=1S/C13H14N4S/c1-10-7-8-12(9-15-16-13(14)18)17(10)11-5-3-2-4-6-11/h2-9H,1H3,(H3,14,16,18)/b15-9+. The molecule has 0 aliphatic rings. The molecule has 0 saturated heterocycles. The van der Waals surface area contributed by atoms with E-state index in [1.807, 2.05) is 49.4 Å². The number of thiocarbonyl (C=S) groups is 1. The molecule has 0 bridgehead atoms. The second-order valence-corrected chi connectivity index (χ2v) is 4.24. The first kappa shape index (κ1) is 12.3. The van der Waals surface area contributed by atoms with Gasteiger partial charge in [0, 0.05) is 11.4 Å². The van der Waals surface area contributed by atoms with Crippen molar-refractivity contribution in [3.8, 4) is 5.69 Å². The molecule has 1 heterocycles. The highest BCUT2D eigenvalue weighted by Crippen LogP contribution is 2.15. The minimum atomic E-state index is 0.154. The maximum absolute atomic E-state index is 5.31. The molecular weight excluding hydrogens is 244 g/mol. The summed E-state index contributed by atoms with van der Waals surface area (Å²) in [6, 6.07) is 14.1. The van der Waals surface area contributed by atoms with Crippen LogP contribution >= 0.6 is 12.2 Å². The van der Waals surface area contributed by atoms with Crippen LogP contribution in [-0.2, 0) is 0 Å². The van der Waals surface area contributed by atoms with Gasteiger partial charge < -0.3 is 10.3 Å². The van der Waals surface area contributed by atoms with Crippen molar-refractivity contribution in [2.75, 3.05) is 0 Å². The van der Waals surface area contributed by atoms with Gasteiger partial charge in [-0.3, -0.25) is 5.43 Å². The largest absolute Gasteiger partial charge is 0.375 e. The summed E-state index contributed by atoms with van der Waals surface area (Å²) in [6.45, 7) is 2.05. The Morgan fingerprint density at radius 2 is 2.00 bits per heavy atom. The molecule has 1 aromatic carbocycles. The zero-order valence-electron chi connectivity index (χ0n) is 10.00. The van der Waals surface area contributed by atoms with Crippen LogP contribution in [0.1, 0.15) is 11.4 Å². The Balaban J connectivity index is 2.34. The Bertz CT molecular complexity index is 572. The van der Waals surface area contributed by atoms with E-state index < -0.39 is 0 Å². The Labute approximate surface area is 111 Å². The van der Waals surface area contributed by atoms with Crippen molar-refractivity contribution in [3.63, 3.8) is 0 Å². The van der Waals surface area contributed by atoms with Crippen LogP contribution in [-0.4, -0.2) is 15.9 Å². The van der Waals surface area contributed by atoms with Crippen LogP contribution in [0.25, 0.3) is 5.69 Å². The average molecular weight is 258 g/mol. The zero-order chi connectivity index (χ0) is 13.0. The number of para-hydroxylation sites is 1. The number of aromatic nitrogens is 1. The minimum absolute atomic E-state index is 0.154. The van der Waals surface area contributed by atoms with Crippen LogP contribution < -0.4 is 11.2 Å². The maximum Gasteiger partial charge on any atom is 0.184 e. The maximum atomic E-state index is 5.31. The molecule has 2 rings (SSSR count). The molecular formula is C13H14N4S. The molecule has 4 nitrogen and oxygen atoms in total. The predicted molar refractivity (Wildman–Crippen MR) is 78.0 cm³/mol. The highest BCUT2D eigenvalue weighted by atomic mass is 32.1. The normalized spacial score (nSPS) is 10.7. The highest BCUT2D eigenvalue weighted by Gasteiger charge is 2.04. The number of hydrazone groups is 1. The van der Waals surface area contributed by atoms with Gasteiger partial charge in [0.25, 0.3) is 0 Å². The molecule has 92 valence electrons. The topological polar surface area (TPSA) is 55.3 Å². The van der Waals surface area contributed by atoms with E-state index in [0.717, 1.165) is 17.1 Å². The molecule has 0 radical (unpaired) electrons. The number of hydrogen-bond donors (Lipinski definition) is 2. The Hall–Kier alpha value is -2.14. The fourth-order valence-corrected chi connectivity index (χ4v) is 1.80. The van der Waals surface area contributed by atoms with Gasteiger partial charge in [0.05, 0.1) is 11.9 Å². The van der Waals surface area contributed by atoms with E-state index in [2.05, 4.69) is 27.3 Å². The van der Waals surface area contributed by atoms with Crippen LogP contribution in [0.4, 0.5) is 0 Å². The molecule has 5 heteroatoms. The van der Waals surface area contributed by atoms with E-state index in [9.17, 15) is 0 Å². The third kappa shape index (κ3) is 2.75. The van der Waals surface area contributed by atoms with Gasteiger partial charge in [-0.2, -0.15) is 5.10 Å². The summed E-state index contributed by atoms with van der Waals surface area (Å²) in [5, 5.41) is 4.13. The summed E-state index contributed by atoms with van der Waals surface area (Å²) in [5.74, 6) is 0. The molecule has 2 aromatic rings. The van der Waals surface area contributed by atoms with Gasteiger partial charge in [-0.05, 0) is 43.4 Å². The van der Waals surface area contributed by atoms with Crippen LogP contribution in [0.15, 0.2) is 47.6 Å². The van der Waals surface area contributed by atoms with E-state index in [1.165, 1.54) is 0 Å². The van der Waals surface area contributed by atoms with Gasteiger partial charge in [-0.25, -0.2) is 0 Å². The summed E-state index contributed by atoms with van der Waals surface area (Å²) in [7, 11) is 0. The van der Waals surface area contributed by atoms with Crippen molar-refractivity contribution in [1.29, 1.82) is 0 Å². The Kier molecular flexibility index (Phi) is 3.74. The molecule has 0 fully saturated rings. The number of benzene rings is 1. The first-order valence-corrected chi connectivity index (χ1v) is 5.91. The fraction of sp³-hybridized carbons (Fsp3) is 0.0769. The Morgan fingerprint density at radius 1 is 1.28 bits per heavy atom. The van der Waals surface area contributed by atoms with Gasteiger partial charge in [0.2, 0.25) is 0 Å². The number of nitrogens with one attached hydrogen (secondary N) is 1. The number of rotatable bonds is 3. The quantitative estimate of drug-likeness (QED) is 0.502. The zero-order valence-corrected chi connectivity index (χ0v) is 10.8. The number of aryl methyl sites for hydroxylation is 1. The van der Waals surface area contributed by atoms with Crippen molar-refractivity contribution in [2.24, 2.45) is 10.8 Å². The van der Waals surface area contributed by atoms with Gasteiger partial charge in [0.1, 0.15) is 0 Å². The van der Waals surface area contributed by atoms with Crippen LogP contribution in [0.5, 0.6) is 0 Å². The molecule has 0 unspecified atom stereocenters. The van der Waals surface area contributed by atoms with E-state index >= 15 is 0 Å². The monoisotopic (exact) mass is 258 g/mol. The molecule has 3 N–H and O–H groups in total. The summed E-state index contributed by atoms with van der Waals surface area (Å²) in [5.41, 5.74) is 11.0. The lowest BCUT2D eigenvalue weighted by atomic mass is 10.3. The van der Waals surface area contributed by atoms with Crippen molar-refractivity contribution in [2.45, 2.75) is 6.92 Å². The SMILES string of the molecule is Cc1ccc(/C=N/NC(N)=S)n1-c1ccccc1. The third-order valence-electron chi connectivity index (χ3n) is 2.49. The first-order chi connectivity index (χ1) is 8.68. The molecule has 1 aromatic heterocycles. The van der Waals surface area contributed by atoms with Crippen molar-refractivity contribution < 1.29 is 0 Å². The van der Waals surface area contributed by atoms with Crippen LogP contribution in [0, 0.1) is 6.92 Å². The fourth-order valence-electron chi connectivity index (χ4n) is 1.75. The molecule has 0 amide bonds. The third-order valence-corrected chi connectivity index (χ3v) is 2.58. The lowest BCUT2D eigenvalue weighted by Crippen LogP contribution is -2.24. The van der Waals surface area contributed by atoms with Gasteiger partial charge in [-0.15, -0.1) is 0 Å². The minimum Gasteiger partial charge on any atom is -0.375 e. The highest BCUT2D eigenvalue weighted by molar-refractivity contribution is 7.80.